The van der Waals surface area contributed by atoms with Gasteiger partial charge in [0.15, 0.2) is 0 Å². The van der Waals surface area contributed by atoms with E-state index in [1.165, 1.54) is 6.92 Å². The van der Waals surface area contributed by atoms with Crippen molar-refractivity contribution < 1.29 is 9.53 Å². The first-order chi connectivity index (χ1) is 5.72. The van der Waals surface area contributed by atoms with Crippen LogP contribution in [0.2, 0.25) is 0 Å². The zero-order valence-corrected chi connectivity index (χ0v) is 7.80. The van der Waals surface area contributed by atoms with Crippen molar-refractivity contribution in [2.45, 2.75) is 45.3 Å². The van der Waals surface area contributed by atoms with E-state index in [-0.39, 0.29) is 12.1 Å². The number of carbonyl (C=O) groups excluding carboxylic acids is 1. The second-order valence-corrected chi connectivity index (χ2v) is 3.32. The molecular formula is C9H17NO2. The highest BCUT2D eigenvalue weighted by atomic mass is 16.5. The van der Waals surface area contributed by atoms with Gasteiger partial charge in [0.2, 0.25) is 0 Å². The molecule has 1 aliphatic heterocycles. The van der Waals surface area contributed by atoms with E-state index in [1.807, 2.05) is 0 Å². The Morgan fingerprint density at radius 1 is 1.58 bits per heavy atom. The Hall–Kier alpha value is -0.570. The molecule has 1 fully saturated rings. The summed E-state index contributed by atoms with van der Waals surface area (Å²) < 4.78 is 5.08. The number of ether oxygens (including phenoxy) is 1. The molecule has 1 aliphatic rings. The predicted molar refractivity (Wildman–Crippen MR) is 46.9 cm³/mol. The number of rotatable bonds is 2. The van der Waals surface area contributed by atoms with Crippen molar-refractivity contribution in [3.8, 4) is 0 Å². The number of esters is 1. The summed E-state index contributed by atoms with van der Waals surface area (Å²) in [6.07, 6.45) is 3.39. The average molecular weight is 171 g/mol. The van der Waals surface area contributed by atoms with Gasteiger partial charge in [-0.3, -0.25) is 4.79 Å². The molecule has 0 aliphatic carbocycles. The molecule has 1 N–H and O–H groups in total. The maximum Gasteiger partial charge on any atom is 0.302 e. The molecule has 3 heteroatoms. The summed E-state index contributed by atoms with van der Waals surface area (Å²) in [4.78, 5) is 10.6. The zero-order chi connectivity index (χ0) is 8.97. The molecule has 2 unspecified atom stereocenters. The quantitative estimate of drug-likeness (QED) is 0.632. The highest BCUT2D eigenvalue weighted by Gasteiger charge is 2.20. The summed E-state index contributed by atoms with van der Waals surface area (Å²) >= 11 is 0. The summed E-state index contributed by atoms with van der Waals surface area (Å²) in [5, 5.41) is 3.35. The van der Waals surface area contributed by atoms with Crippen molar-refractivity contribution in [3.05, 3.63) is 0 Å². The first-order valence-electron chi connectivity index (χ1n) is 4.63. The lowest BCUT2D eigenvalue weighted by Gasteiger charge is -2.28. The number of carbonyl (C=O) groups is 1. The van der Waals surface area contributed by atoms with E-state index >= 15 is 0 Å². The SMILES string of the molecule is CCC1CCC(OC(C)=O)CN1. The van der Waals surface area contributed by atoms with E-state index in [1.54, 1.807) is 0 Å². The molecule has 0 saturated carbocycles. The third-order valence-electron chi connectivity index (χ3n) is 2.30. The van der Waals surface area contributed by atoms with Crippen LogP contribution < -0.4 is 5.32 Å². The minimum Gasteiger partial charge on any atom is -0.461 e. The van der Waals surface area contributed by atoms with Crippen LogP contribution in [-0.2, 0) is 9.53 Å². The highest BCUT2D eigenvalue weighted by Crippen LogP contribution is 2.13. The molecule has 0 amide bonds. The third kappa shape index (κ3) is 2.81. The van der Waals surface area contributed by atoms with Gasteiger partial charge in [0.25, 0.3) is 0 Å². The summed E-state index contributed by atoms with van der Waals surface area (Å²) in [7, 11) is 0. The Morgan fingerprint density at radius 3 is 2.75 bits per heavy atom. The van der Waals surface area contributed by atoms with Crippen LogP contribution in [0.3, 0.4) is 0 Å². The van der Waals surface area contributed by atoms with E-state index in [9.17, 15) is 4.79 Å². The Bertz CT molecular complexity index is 151. The lowest BCUT2D eigenvalue weighted by Crippen LogP contribution is -2.42. The van der Waals surface area contributed by atoms with E-state index in [0.29, 0.717) is 6.04 Å². The molecule has 70 valence electrons. The first-order valence-corrected chi connectivity index (χ1v) is 4.63. The number of nitrogens with one attached hydrogen (secondary N) is 1. The number of piperidine rings is 1. The summed E-state index contributed by atoms with van der Waals surface area (Å²) in [5.74, 6) is -0.170. The van der Waals surface area contributed by atoms with Crippen LogP contribution in [0.15, 0.2) is 0 Å². The molecule has 0 bridgehead atoms. The lowest BCUT2D eigenvalue weighted by molar-refractivity contribution is -0.147. The second-order valence-electron chi connectivity index (χ2n) is 3.32. The van der Waals surface area contributed by atoms with Gasteiger partial charge < -0.3 is 10.1 Å². The lowest BCUT2D eigenvalue weighted by atomic mass is 10.0. The molecule has 1 rings (SSSR count). The summed E-state index contributed by atoms with van der Waals surface area (Å²) in [6.45, 7) is 4.45. The van der Waals surface area contributed by atoms with Crippen molar-refractivity contribution in [2.75, 3.05) is 6.54 Å². The van der Waals surface area contributed by atoms with Gasteiger partial charge in [0.1, 0.15) is 6.10 Å². The number of hydrogen-bond donors (Lipinski definition) is 1. The standard InChI is InChI=1S/C9H17NO2/c1-3-8-4-5-9(6-10-8)12-7(2)11/h8-10H,3-6H2,1-2H3. The molecule has 0 aromatic carbocycles. The maximum atomic E-state index is 10.6. The van der Waals surface area contributed by atoms with E-state index < -0.39 is 0 Å². The minimum absolute atomic E-state index is 0.102. The van der Waals surface area contributed by atoms with Crippen LogP contribution in [0, 0.1) is 0 Å². The van der Waals surface area contributed by atoms with Crippen molar-refractivity contribution in [2.24, 2.45) is 0 Å². The Labute approximate surface area is 73.5 Å². The van der Waals surface area contributed by atoms with Crippen molar-refractivity contribution in [1.82, 2.24) is 5.32 Å². The third-order valence-corrected chi connectivity index (χ3v) is 2.30. The number of hydrogen-bond acceptors (Lipinski definition) is 3. The zero-order valence-electron chi connectivity index (χ0n) is 7.80. The van der Waals surface area contributed by atoms with Crippen molar-refractivity contribution in [1.29, 1.82) is 0 Å². The van der Waals surface area contributed by atoms with Gasteiger partial charge in [0.05, 0.1) is 0 Å². The minimum atomic E-state index is -0.170. The fourth-order valence-corrected chi connectivity index (χ4v) is 1.57. The van der Waals surface area contributed by atoms with Crippen molar-refractivity contribution >= 4 is 5.97 Å². The van der Waals surface area contributed by atoms with Gasteiger partial charge in [-0.15, -0.1) is 0 Å². The molecule has 1 saturated heterocycles. The van der Waals surface area contributed by atoms with Crippen LogP contribution >= 0.6 is 0 Å². The predicted octanol–water partition coefficient (Wildman–Crippen LogP) is 1.08. The fraction of sp³-hybridized carbons (Fsp3) is 0.889. The molecule has 0 radical (unpaired) electrons. The van der Waals surface area contributed by atoms with Gasteiger partial charge in [-0.1, -0.05) is 6.92 Å². The van der Waals surface area contributed by atoms with Crippen LogP contribution in [-0.4, -0.2) is 24.7 Å². The fourth-order valence-electron chi connectivity index (χ4n) is 1.57. The smallest absolute Gasteiger partial charge is 0.302 e. The summed E-state index contributed by atoms with van der Waals surface area (Å²) in [5.41, 5.74) is 0. The average Bonchev–Trinajstić information content (AvgIpc) is 2.05. The highest BCUT2D eigenvalue weighted by molar-refractivity contribution is 5.66. The van der Waals surface area contributed by atoms with Crippen LogP contribution in [0.4, 0.5) is 0 Å². The van der Waals surface area contributed by atoms with E-state index in [4.69, 9.17) is 4.74 Å². The molecule has 0 spiro atoms. The van der Waals surface area contributed by atoms with E-state index in [0.717, 1.165) is 25.8 Å². The molecule has 2 atom stereocenters. The molecule has 12 heavy (non-hydrogen) atoms. The van der Waals surface area contributed by atoms with Crippen LogP contribution in [0.5, 0.6) is 0 Å². The molecule has 0 aromatic rings. The molecule has 3 nitrogen and oxygen atoms in total. The largest absolute Gasteiger partial charge is 0.461 e. The van der Waals surface area contributed by atoms with Gasteiger partial charge >= 0.3 is 5.97 Å². The maximum absolute atomic E-state index is 10.6. The molecular weight excluding hydrogens is 154 g/mol. The Morgan fingerprint density at radius 2 is 2.33 bits per heavy atom. The van der Waals surface area contributed by atoms with Gasteiger partial charge in [0, 0.05) is 19.5 Å². The Balaban J connectivity index is 2.21. The first kappa shape index (κ1) is 9.52. The molecule has 0 aromatic heterocycles. The normalized spacial score (nSPS) is 29.8. The topological polar surface area (TPSA) is 38.3 Å². The van der Waals surface area contributed by atoms with Crippen molar-refractivity contribution in [3.63, 3.8) is 0 Å². The van der Waals surface area contributed by atoms with Gasteiger partial charge in [-0.25, -0.2) is 0 Å². The molecule has 1 heterocycles. The van der Waals surface area contributed by atoms with Crippen LogP contribution in [0.25, 0.3) is 0 Å². The van der Waals surface area contributed by atoms with Gasteiger partial charge in [-0.2, -0.15) is 0 Å². The second kappa shape index (κ2) is 4.45. The Kier molecular flexibility index (Phi) is 3.53. The van der Waals surface area contributed by atoms with Crippen LogP contribution in [0.1, 0.15) is 33.1 Å². The monoisotopic (exact) mass is 171 g/mol. The summed E-state index contributed by atoms with van der Waals surface area (Å²) in [6, 6.07) is 0.622. The van der Waals surface area contributed by atoms with E-state index in [2.05, 4.69) is 12.2 Å². The van der Waals surface area contributed by atoms with Gasteiger partial charge in [-0.05, 0) is 19.3 Å².